The van der Waals surface area contributed by atoms with Crippen molar-refractivity contribution in [1.82, 2.24) is 9.62 Å². The zero-order chi connectivity index (χ0) is 13.2. The molecule has 18 heavy (non-hydrogen) atoms. The Balaban J connectivity index is 1.90. The summed E-state index contributed by atoms with van der Waals surface area (Å²) in [7, 11) is -3.08. The molecule has 0 spiro atoms. The van der Waals surface area contributed by atoms with E-state index in [1.54, 1.807) is 0 Å². The van der Waals surface area contributed by atoms with E-state index in [9.17, 15) is 8.42 Å². The first-order valence-electron chi connectivity index (χ1n) is 5.98. The molecule has 0 amide bonds. The van der Waals surface area contributed by atoms with Crippen LogP contribution in [0.2, 0.25) is 0 Å². The average Bonchev–Trinajstić information content (AvgIpc) is 2.27. The van der Waals surface area contributed by atoms with E-state index in [4.69, 9.17) is 5.73 Å². The molecule has 0 fully saturated rings. The number of anilines is 1. The highest BCUT2D eigenvalue weighted by atomic mass is 32.2. The third kappa shape index (κ3) is 3.69. The largest absolute Gasteiger partial charge is 0.399 e. The van der Waals surface area contributed by atoms with Gasteiger partial charge in [0.25, 0.3) is 0 Å². The Morgan fingerprint density at radius 1 is 1.39 bits per heavy atom. The SMILES string of the molecule is CS(=O)(=O)NCCN1CCc2cc(N)ccc2C1. The number of benzene rings is 1. The van der Waals surface area contributed by atoms with Crippen LogP contribution in [0.3, 0.4) is 0 Å². The van der Waals surface area contributed by atoms with E-state index >= 15 is 0 Å². The molecule has 0 saturated carbocycles. The minimum Gasteiger partial charge on any atom is -0.399 e. The first kappa shape index (κ1) is 13.3. The molecule has 0 radical (unpaired) electrons. The minimum atomic E-state index is -3.08. The molecule has 0 unspecified atom stereocenters. The molecule has 1 aliphatic heterocycles. The third-order valence-electron chi connectivity index (χ3n) is 3.11. The second kappa shape index (κ2) is 5.26. The molecule has 3 N–H and O–H groups in total. The lowest BCUT2D eigenvalue weighted by atomic mass is 9.99. The highest BCUT2D eigenvalue weighted by molar-refractivity contribution is 7.88. The van der Waals surface area contributed by atoms with Gasteiger partial charge in [-0.2, -0.15) is 0 Å². The molecule has 0 saturated heterocycles. The summed E-state index contributed by atoms with van der Waals surface area (Å²) < 4.78 is 24.4. The van der Waals surface area contributed by atoms with Crippen LogP contribution in [0.25, 0.3) is 0 Å². The van der Waals surface area contributed by atoms with Crippen molar-refractivity contribution in [2.24, 2.45) is 0 Å². The predicted octanol–water partition coefficient (Wildman–Crippen LogP) is 0.176. The lowest BCUT2D eigenvalue weighted by Gasteiger charge is -2.28. The van der Waals surface area contributed by atoms with Crippen LogP contribution in [-0.2, 0) is 23.0 Å². The minimum absolute atomic E-state index is 0.461. The molecule has 0 aliphatic carbocycles. The van der Waals surface area contributed by atoms with E-state index in [2.05, 4.69) is 15.7 Å². The summed E-state index contributed by atoms with van der Waals surface area (Å²) in [5, 5.41) is 0. The van der Waals surface area contributed by atoms with E-state index in [0.29, 0.717) is 6.54 Å². The van der Waals surface area contributed by atoms with Crippen molar-refractivity contribution < 1.29 is 8.42 Å². The molecule has 1 aromatic carbocycles. The van der Waals surface area contributed by atoms with Gasteiger partial charge in [-0.25, -0.2) is 13.1 Å². The van der Waals surface area contributed by atoms with Crippen molar-refractivity contribution in [3.8, 4) is 0 Å². The number of nitrogens with zero attached hydrogens (tertiary/aromatic N) is 1. The van der Waals surface area contributed by atoms with Crippen molar-refractivity contribution in [1.29, 1.82) is 0 Å². The smallest absolute Gasteiger partial charge is 0.208 e. The summed E-state index contributed by atoms with van der Waals surface area (Å²) >= 11 is 0. The van der Waals surface area contributed by atoms with E-state index < -0.39 is 10.0 Å². The van der Waals surface area contributed by atoms with Gasteiger partial charge in [0.1, 0.15) is 0 Å². The molecule has 0 bridgehead atoms. The Labute approximate surface area is 108 Å². The highest BCUT2D eigenvalue weighted by Gasteiger charge is 2.16. The van der Waals surface area contributed by atoms with Crippen LogP contribution in [0.1, 0.15) is 11.1 Å². The van der Waals surface area contributed by atoms with Gasteiger partial charge in [0.2, 0.25) is 10.0 Å². The van der Waals surface area contributed by atoms with Gasteiger partial charge < -0.3 is 5.73 Å². The van der Waals surface area contributed by atoms with Crippen molar-refractivity contribution in [2.75, 3.05) is 31.6 Å². The fourth-order valence-electron chi connectivity index (χ4n) is 2.21. The Bertz CT molecular complexity index is 528. The van der Waals surface area contributed by atoms with Crippen molar-refractivity contribution >= 4 is 15.7 Å². The van der Waals surface area contributed by atoms with Crippen LogP contribution in [0.5, 0.6) is 0 Å². The van der Waals surface area contributed by atoms with Crippen LogP contribution in [-0.4, -0.2) is 39.2 Å². The first-order valence-corrected chi connectivity index (χ1v) is 7.87. The standard InChI is InChI=1S/C12H19N3O2S/c1-18(16,17)14-5-7-15-6-4-10-8-12(13)3-2-11(10)9-15/h2-3,8,14H,4-7,9,13H2,1H3. The van der Waals surface area contributed by atoms with E-state index in [1.165, 1.54) is 17.4 Å². The van der Waals surface area contributed by atoms with Gasteiger partial charge in [-0.3, -0.25) is 4.90 Å². The van der Waals surface area contributed by atoms with Crippen molar-refractivity contribution in [3.63, 3.8) is 0 Å². The van der Waals surface area contributed by atoms with Gasteiger partial charge in [-0.1, -0.05) is 6.07 Å². The number of hydrogen-bond acceptors (Lipinski definition) is 4. The maximum absolute atomic E-state index is 11.0. The number of hydrogen-bond donors (Lipinski definition) is 2. The summed E-state index contributed by atoms with van der Waals surface area (Å²) in [4.78, 5) is 2.25. The summed E-state index contributed by atoms with van der Waals surface area (Å²) in [5.41, 5.74) is 9.16. The lowest BCUT2D eigenvalue weighted by molar-refractivity contribution is 0.259. The molecule has 100 valence electrons. The molecule has 1 heterocycles. The topological polar surface area (TPSA) is 75.4 Å². The summed E-state index contributed by atoms with van der Waals surface area (Å²) in [5.74, 6) is 0. The molecule has 1 aliphatic rings. The number of sulfonamides is 1. The van der Waals surface area contributed by atoms with Gasteiger partial charge in [0.15, 0.2) is 0 Å². The average molecular weight is 269 g/mol. The number of fused-ring (bicyclic) bond motifs is 1. The Kier molecular flexibility index (Phi) is 3.89. The normalized spacial score (nSPS) is 16.5. The molecule has 5 nitrogen and oxygen atoms in total. The summed E-state index contributed by atoms with van der Waals surface area (Å²) in [6.45, 7) is 3.00. The van der Waals surface area contributed by atoms with Crippen molar-refractivity contribution in [3.05, 3.63) is 29.3 Å². The van der Waals surface area contributed by atoms with Crippen LogP contribution in [0.4, 0.5) is 5.69 Å². The summed E-state index contributed by atoms with van der Waals surface area (Å²) in [6.07, 6.45) is 2.15. The van der Waals surface area contributed by atoms with Crippen molar-refractivity contribution in [2.45, 2.75) is 13.0 Å². The monoisotopic (exact) mass is 269 g/mol. The van der Waals surface area contributed by atoms with Gasteiger partial charge in [0.05, 0.1) is 6.26 Å². The van der Waals surface area contributed by atoms with E-state index in [-0.39, 0.29) is 0 Å². The predicted molar refractivity (Wildman–Crippen MR) is 72.7 cm³/mol. The molecule has 1 aromatic rings. The number of rotatable bonds is 4. The quantitative estimate of drug-likeness (QED) is 0.764. The van der Waals surface area contributed by atoms with Gasteiger partial charge >= 0.3 is 0 Å². The Morgan fingerprint density at radius 3 is 2.89 bits per heavy atom. The zero-order valence-electron chi connectivity index (χ0n) is 10.5. The second-order valence-electron chi connectivity index (χ2n) is 4.72. The van der Waals surface area contributed by atoms with Crippen LogP contribution in [0.15, 0.2) is 18.2 Å². The van der Waals surface area contributed by atoms with Gasteiger partial charge in [0, 0.05) is 31.9 Å². The van der Waals surface area contributed by atoms with Crippen LogP contribution in [0, 0.1) is 0 Å². The van der Waals surface area contributed by atoms with Gasteiger partial charge in [-0.05, 0) is 29.7 Å². The fourth-order valence-corrected chi connectivity index (χ4v) is 2.67. The molecular formula is C12H19N3O2S. The molecule has 2 rings (SSSR count). The number of nitrogens with one attached hydrogen (secondary N) is 1. The maximum Gasteiger partial charge on any atom is 0.208 e. The third-order valence-corrected chi connectivity index (χ3v) is 3.84. The Morgan fingerprint density at radius 2 is 2.17 bits per heavy atom. The van der Waals surface area contributed by atoms with E-state index in [0.717, 1.165) is 31.7 Å². The second-order valence-corrected chi connectivity index (χ2v) is 6.55. The summed E-state index contributed by atoms with van der Waals surface area (Å²) in [6, 6.07) is 6.00. The Hall–Kier alpha value is -1.11. The molecule has 6 heteroatoms. The molecule has 0 atom stereocenters. The van der Waals surface area contributed by atoms with E-state index in [1.807, 2.05) is 12.1 Å². The lowest BCUT2D eigenvalue weighted by Crippen LogP contribution is -2.37. The highest BCUT2D eigenvalue weighted by Crippen LogP contribution is 2.20. The zero-order valence-corrected chi connectivity index (χ0v) is 11.3. The molecular weight excluding hydrogens is 250 g/mol. The molecule has 0 aromatic heterocycles. The van der Waals surface area contributed by atoms with Crippen LogP contribution >= 0.6 is 0 Å². The van der Waals surface area contributed by atoms with Crippen LogP contribution < -0.4 is 10.5 Å². The fraction of sp³-hybridized carbons (Fsp3) is 0.500. The first-order chi connectivity index (χ1) is 8.44. The number of nitrogens with two attached hydrogens (primary N) is 1. The number of nitrogen functional groups attached to an aromatic ring is 1. The van der Waals surface area contributed by atoms with Gasteiger partial charge in [-0.15, -0.1) is 0 Å². The maximum atomic E-state index is 11.0.